The van der Waals surface area contributed by atoms with E-state index in [4.69, 9.17) is 0 Å². The molecule has 3 nitrogen and oxygen atoms in total. The normalized spacial score (nSPS) is 11.7. The zero-order valence-electron chi connectivity index (χ0n) is 32.4. The van der Waals surface area contributed by atoms with Crippen LogP contribution in [-0.4, -0.2) is 10.2 Å². The molecule has 0 aliphatic heterocycles. The summed E-state index contributed by atoms with van der Waals surface area (Å²) in [7, 11) is 0. The molecule has 8 aromatic rings. The van der Waals surface area contributed by atoms with Gasteiger partial charge in [0.1, 0.15) is 11.5 Å². The van der Waals surface area contributed by atoms with Crippen molar-refractivity contribution in [3.63, 3.8) is 0 Å². The number of benzene rings is 8. The van der Waals surface area contributed by atoms with E-state index in [2.05, 4.69) is 189 Å². The topological polar surface area (TPSA) is 52.5 Å². The number of rotatable bonds is 12. The Hall–Kier alpha value is -6.68. The Kier molecular flexibility index (Phi) is 10.6. The predicted octanol–water partition coefficient (Wildman–Crippen LogP) is 11.8. The molecule has 3 N–H and O–H groups in total. The zero-order chi connectivity index (χ0) is 39.2. The number of aromatic hydroxyl groups is 2. The van der Waals surface area contributed by atoms with Crippen molar-refractivity contribution in [3.8, 4) is 11.5 Å². The van der Waals surface area contributed by atoms with Crippen molar-refractivity contribution in [2.24, 2.45) is 0 Å². The lowest BCUT2D eigenvalue weighted by Gasteiger charge is -2.38. The van der Waals surface area contributed by atoms with Gasteiger partial charge in [0, 0.05) is 35.3 Å². The summed E-state index contributed by atoms with van der Waals surface area (Å²) in [6.45, 7) is 4.96. The van der Waals surface area contributed by atoms with Crippen molar-refractivity contribution in [1.29, 1.82) is 0 Å². The van der Waals surface area contributed by atoms with Gasteiger partial charge in [-0.1, -0.05) is 217 Å². The van der Waals surface area contributed by atoms with Gasteiger partial charge in [-0.3, -0.25) is 0 Å². The van der Waals surface area contributed by atoms with Gasteiger partial charge in [-0.15, -0.1) is 0 Å². The highest BCUT2D eigenvalue weighted by Gasteiger charge is 2.42. The first kappa shape index (κ1) is 37.3. The van der Waals surface area contributed by atoms with Crippen molar-refractivity contribution < 1.29 is 10.2 Å². The molecule has 8 aromatic carbocycles. The predicted molar refractivity (Wildman–Crippen MR) is 233 cm³/mol. The minimum atomic E-state index is -0.784. The van der Waals surface area contributed by atoms with Gasteiger partial charge in [0.25, 0.3) is 0 Å². The molecule has 0 saturated carbocycles. The summed E-state index contributed by atoms with van der Waals surface area (Å²) >= 11 is 0. The van der Waals surface area contributed by atoms with Gasteiger partial charge < -0.3 is 15.5 Å². The van der Waals surface area contributed by atoms with Crippen LogP contribution in [0.25, 0.3) is 0 Å². The molecule has 0 saturated heterocycles. The number of hydrogen-bond donors (Lipinski definition) is 3. The lowest BCUT2D eigenvalue weighted by atomic mass is 9.64. The average molecular weight is 742 g/mol. The highest BCUT2D eigenvalue weighted by atomic mass is 16.3. The Morgan fingerprint density at radius 3 is 0.807 bits per heavy atom. The van der Waals surface area contributed by atoms with Crippen molar-refractivity contribution in [1.82, 2.24) is 5.32 Å². The quantitative estimate of drug-likeness (QED) is 0.109. The number of phenolic OH excluding ortho intramolecular Hbond substituents is 2. The Morgan fingerprint density at radius 2 is 0.579 bits per heavy atom. The molecule has 0 aromatic heterocycles. The standard InChI is InChI=1S/C54H47NO2/c1-39-33-41(51(56)49(35-39)53(43-21-9-3-10-22-43,44-23-11-4-12-24-44)45-25-13-5-14-26-45)37-55-38-42-34-40(2)36-50(52(42)57)54(46-27-15-6-16-28-46,47-29-17-7-18-30-47)48-31-19-8-20-32-48/h3-36,55-57H,37-38H2,1-2H3. The Morgan fingerprint density at radius 1 is 0.351 bits per heavy atom. The first-order valence-corrected chi connectivity index (χ1v) is 19.6. The largest absolute Gasteiger partial charge is 0.507 e. The maximum Gasteiger partial charge on any atom is 0.124 e. The molecule has 0 atom stereocenters. The molecule has 0 bridgehead atoms. The van der Waals surface area contributed by atoms with Gasteiger partial charge in [-0.2, -0.15) is 0 Å². The van der Waals surface area contributed by atoms with E-state index >= 15 is 0 Å². The van der Waals surface area contributed by atoms with Crippen LogP contribution < -0.4 is 5.32 Å². The Labute approximate surface area is 336 Å². The second-order valence-corrected chi connectivity index (χ2v) is 14.9. The smallest absolute Gasteiger partial charge is 0.124 e. The average Bonchev–Trinajstić information content (AvgIpc) is 3.26. The van der Waals surface area contributed by atoms with Crippen molar-refractivity contribution in [2.45, 2.75) is 37.8 Å². The number of hydrogen-bond acceptors (Lipinski definition) is 3. The van der Waals surface area contributed by atoms with Crippen LogP contribution in [0, 0.1) is 13.8 Å². The van der Waals surface area contributed by atoms with Crippen LogP contribution in [0.15, 0.2) is 206 Å². The molecule has 280 valence electrons. The van der Waals surface area contributed by atoms with E-state index in [9.17, 15) is 10.2 Å². The lowest BCUT2D eigenvalue weighted by molar-refractivity contribution is 0.444. The van der Waals surface area contributed by atoms with Gasteiger partial charge in [0.2, 0.25) is 0 Å². The molecule has 57 heavy (non-hydrogen) atoms. The molecule has 8 rings (SSSR count). The summed E-state index contributed by atoms with van der Waals surface area (Å²) in [6.07, 6.45) is 0. The van der Waals surface area contributed by atoms with E-state index in [1.165, 1.54) is 0 Å². The summed E-state index contributed by atoms with van der Waals surface area (Å²) in [4.78, 5) is 0. The second kappa shape index (κ2) is 16.2. The highest BCUT2D eigenvalue weighted by Crippen LogP contribution is 2.51. The summed E-state index contributed by atoms with van der Waals surface area (Å²) in [6, 6.07) is 71.2. The molecule has 0 amide bonds. The van der Waals surface area contributed by atoms with Gasteiger partial charge in [-0.05, 0) is 47.2 Å². The van der Waals surface area contributed by atoms with E-state index < -0.39 is 10.8 Å². The molecular formula is C54H47NO2. The number of nitrogens with one attached hydrogen (secondary N) is 1. The second-order valence-electron chi connectivity index (χ2n) is 14.9. The fourth-order valence-electron chi connectivity index (χ4n) is 8.94. The first-order chi connectivity index (χ1) is 27.9. The van der Waals surface area contributed by atoms with Gasteiger partial charge >= 0.3 is 0 Å². The van der Waals surface area contributed by atoms with Crippen LogP contribution in [0.1, 0.15) is 66.8 Å². The highest BCUT2D eigenvalue weighted by molar-refractivity contribution is 5.66. The molecule has 0 spiro atoms. The van der Waals surface area contributed by atoms with Crippen molar-refractivity contribution >= 4 is 0 Å². The Bertz CT molecular complexity index is 2180. The third-order valence-corrected chi connectivity index (χ3v) is 11.3. The fourth-order valence-corrected chi connectivity index (χ4v) is 8.94. The van der Waals surface area contributed by atoms with E-state index in [0.717, 1.165) is 66.8 Å². The molecular weight excluding hydrogens is 695 g/mol. The first-order valence-electron chi connectivity index (χ1n) is 19.6. The molecule has 0 aliphatic rings. The Balaban J connectivity index is 1.22. The molecule has 0 radical (unpaired) electrons. The van der Waals surface area contributed by atoms with E-state index in [1.807, 2.05) is 36.4 Å². The molecule has 3 heteroatoms. The molecule has 0 fully saturated rings. The summed E-state index contributed by atoms with van der Waals surface area (Å²) < 4.78 is 0. The molecule has 0 aliphatic carbocycles. The van der Waals surface area contributed by atoms with Gasteiger partial charge in [-0.25, -0.2) is 0 Å². The zero-order valence-corrected chi connectivity index (χ0v) is 32.4. The molecule has 0 unspecified atom stereocenters. The van der Waals surface area contributed by atoms with E-state index in [-0.39, 0.29) is 11.5 Å². The van der Waals surface area contributed by atoms with Crippen LogP contribution in [0.3, 0.4) is 0 Å². The van der Waals surface area contributed by atoms with Crippen LogP contribution in [0.2, 0.25) is 0 Å². The van der Waals surface area contributed by atoms with Crippen LogP contribution >= 0.6 is 0 Å². The SMILES string of the molecule is Cc1cc(CNCc2cc(C)cc(C(c3ccccc3)(c3ccccc3)c3ccccc3)c2O)c(O)c(C(c2ccccc2)(c2ccccc2)c2ccccc2)c1. The maximum atomic E-state index is 12.5. The van der Waals surface area contributed by atoms with E-state index in [0.29, 0.717) is 13.1 Å². The minimum Gasteiger partial charge on any atom is -0.507 e. The summed E-state index contributed by atoms with van der Waals surface area (Å²) in [5, 5.41) is 28.6. The maximum absolute atomic E-state index is 12.5. The van der Waals surface area contributed by atoms with Crippen molar-refractivity contribution in [2.75, 3.05) is 0 Å². The third kappa shape index (κ3) is 6.81. The number of aryl methyl sites for hydroxylation is 2. The van der Waals surface area contributed by atoms with Gasteiger partial charge in [0.05, 0.1) is 10.8 Å². The third-order valence-electron chi connectivity index (χ3n) is 11.3. The minimum absolute atomic E-state index is 0.245. The fraction of sp³-hybridized carbons (Fsp3) is 0.111. The van der Waals surface area contributed by atoms with Crippen LogP contribution in [0.5, 0.6) is 11.5 Å². The summed E-state index contributed by atoms with van der Waals surface area (Å²) in [5.41, 5.74) is 10.2. The van der Waals surface area contributed by atoms with Crippen LogP contribution in [-0.2, 0) is 23.9 Å². The van der Waals surface area contributed by atoms with Crippen LogP contribution in [0.4, 0.5) is 0 Å². The number of phenols is 2. The van der Waals surface area contributed by atoms with E-state index in [1.54, 1.807) is 0 Å². The monoisotopic (exact) mass is 741 g/mol. The van der Waals surface area contributed by atoms with Gasteiger partial charge in [0.15, 0.2) is 0 Å². The van der Waals surface area contributed by atoms with Crippen molar-refractivity contribution in [3.05, 3.63) is 273 Å². The summed E-state index contributed by atoms with van der Waals surface area (Å²) in [5.74, 6) is 0.491. The lowest BCUT2D eigenvalue weighted by Crippen LogP contribution is -2.32. The molecule has 0 heterocycles.